The van der Waals surface area contributed by atoms with Crippen LogP contribution in [0.25, 0.3) is 0 Å². The first-order chi connectivity index (χ1) is 20.7. The molecule has 1 aliphatic heterocycles. The van der Waals surface area contributed by atoms with Gasteiger partial charge in [-0.1, -0.05) is 85.6 Å². The van der Waals surface area contributed by atoms with Gasteiger partial charge in [0.15, 0.2) is 20.5 Å². The van der Waals surface area contributed by atoms with E-state index in [0.29, 0.717) is 11.1 Å². The number of hydrogen-bond acceptors (Lipinski definition) is 8. The lowest BCUT2D eigenvalue weighted by atomic mass is 9.99. The molecule has 0 saturated carbocycles. The predicted octanol–water partition coefficient (Wildman–Crippen LogP) is 7.26. The van der Waals surface area contributed by atoms with Crippen molar-refractivity contribution < 1.29 is 33.3 Å². The Labute approximate surface area is 266 Å². The SMILES string of the molecule is Cc1ccc(S[C@@H]2O[C@H](CO)[C@H](O[Si](C)(C)C(C)(C)C)[C@H](OC(=O)c3ccc(C)cc3)[C@H]2OC(=O)c2ccc(C)cc2)cc1. The number of aliphatic hydroxyl groups excluding tert-OH is 1. The number of benzene rings is 3. The van der Waals surface area contributed by atoms with Crippen molar-refractivity contribution in [1.29, 1.82) is 0 Å². The van der Waals surface area contributed by atoms with E-state index >= 15 is 0 Å². The Balaban J connectivity index is 1.79. The average Bonchev–Trinajstić information content (AvgIpc) is 2.96. The first kappa shape index (κ1) is 33.9. The maximum atomic E-state index is 13.7. The van der Waals surface area contributed by atoms with Gasteiger partial charge in [-0.15, -0.1) is 0 Å². The molecule has 1 saturated heterocycles. The molecule has 0 unspecified atom stereocenters. The van der Waals surface area contributed by atoms with Crippen LogP contribution in [-0.4, -0.2) is 61.8 Å². The molecule has 1 aliphatic rings. The van der Waals surface area contributed by atoms with Gasteiger partial charge in [-0.05, 0) is 75.3 Å². The second-order valence-corrected chi connectivity index (χ2v) is 18.9. The largest absolute Gasteiger partial charge is 0.452 e. The van der Waals surface area contributed by atoms with Crippen LogP contribution in [0.3, 0.4) is 0 Å². The minimum Gasteiger partial charge on any atom is -0.452 e. The number of ether oxygens (including phenoxy) is 3. The van der Waals surface area contributed by atoms with Crippen LogP contribution < -0.4 is 0 Å². The highest BCUT2D eigenvalue weighted by atomic mass is 32.2. The number of rotatable bonds is 9. The Morgan fingerprint density at radius 3 is 1.61 bits per heavy atom. The summed E-state index contributed by atoms with van der Waals surface area (Å²) in [6, 6.07) is 22.1. The molecular formula is C35H44O7SSi. The molecule has 1 fully saturated rings. The summed E-state index contributed by atoms with van der Waals surface area (Å²) in [4.78, 5) is 28.1. The zero-order chi connectivity index (χ0) is 32.2. The van der Waals surface area contributed by atoms with E-state index in [1.807, 2.05) is 69.3 Å². The summed E-state index contributed by atoms with van der Waals surface area (Å²) in [5.74, 6) is -1.15. The standard InChI is InChI=1S/C35H44O7SSi/c1-22-9-15-25(16-10-22)32(37)40-30-29(42-44(7,8)35(4,5)6)28(21-36)39-34(43-27-19-13-24(3)14-20-27)31(30)41-33(38)26-17-11-23(2)12-18-26/h9-20,28-31,34,36H,21H2,1-8H3/t28-,29+,30+,31-,34+/m1/s1. The smallest absolute Gasteiger partial charge is 0.338 e. The van der Waals surface area contributed by atoms with E-state index in [-0.39, 0.29) is 11.6 Å². The van der Waals surface area contributed by atoms with Crippen molar-refractivity contribution in [3.05, 3.63) is 101 Å². The van der Waals surface area contributed by atoms with E-state index in [9.17, 15) is 14.7 Å². The highest BCUT2D eigenvalue weighted by Crippen LogP contribution is 2.43. The van der Waals surface area contributed by atoms with Gasteiger partial charge < -0.3 is 23.7 Å². The van der Waals surface area contributed by atoms with Gasteiger partial charge in [0.2, 0.25) is 0 Å². The Kier molecular flexibility index (Phi) is 10.8. The lowest BCUT2D eigenvalue weighted by molar-refractivity contribution is -0.202. The lowest BCUT2D eigenvalue weighted by Gasteiger charge is -2.49. The molecule has 0 aromatic heterocycles. The van der Waals surface area contributed by atoms with Crippen molar-refractivity contribution in [3.63, 3.8) is 0 Å². The van der Waals surface area contributed by atoms with Gasteiger partial charge in [0.05, 0.1) is 17.7 Å². The summed E-state index contributed by atoms with van der Waals surface area (Å²) in [6.45, 7) is 16.0. The van der Waals surface area contributed by atoms with Crippen LogP contribution in [0.4, 0.5) is 0 Å². The first-order valence-electron chi connectivity index (χ1n) is 14.9. The van der Waals surface area contributed by atoms with Gasteiger partial charge >= 0.3 is 11.9 Å². The Bertz CT molecular complexity index is 1420. The molecule has 7 nitrogen and oxygen atoms in total. The van der Waals surface area contributed by atoms with Crippen LogP contribution in [0.2, 0.25) is 18.1 Å². The van der Waals surface area contributed by atoms with Crippen LogP contribution in [0.5, 0.6) is 0 Å². The number of carbonyl (C=O) groups excluding carboxylic acids is 2. The number of thioether (sulfide) groups is 1. The van der Waals surface area contributed by atoms with Crippen LogP contribution in [0.1, 0.15) is 58.2 Å². The molecule has 0 spiro atoms. The molecule has 4 rings (SSSR count). The van der Waals surface area contributed by atoms with Crippen molar-refractivity contribution in [1.82, 2.24) is 0 Å². The second kappa shape index (κ2) is 14.0. The fourth-order valence-corrected chi connectivity index (χ4v) is 6.98. The quantitative estimate of drug-likeness (QED) is 0.194. The van der Waals surface area contributed by atoms with E-state index in [2.05, 4.69) is 33.9 Å². The minimum absolute atomic E-state index is 0.194. The molecule has 9 heteroatoms. The summed E-state index contributed by atoms with van der Waals surface area (Å²) < 4.78 is 25.8. The maximum absolute atomic E-state index is 13.7. The number of aryl methyl sites for hydroxylation is 3. The molecule has 0 bridgehead atoms. The van der Waals surface area contributed by atoms with E-state index in [0.717, 1.165) is 21.6 Å². The van der Waals surface area contributed by atoms with Crippen LogP contribution in [0.15, 0.2) is 77.7 Å². The number of aliphatic hydroxyl groups is 1. The molecule has 0 aliphatic carbocycles. The number of carbonyl (C=O) groups is 2. The molecule has 44 heavy (non-hydrogen) atoms. The molecule has 5 atom stereocenters. The second-order valence-electron chi connectivity index (χ2n) is 13.0. The third kappa shape index (κ3) is 8.20. The predicted molar refractivity (Wildman–Crippen MR) is 176 cm³/mol. The van der Waals surface area contributed by atoms with Gasteiger partial charge in [0.25, 0.3) is 0 Å². The molecule has 0 radical (unpaired) electrons. The normalized spacial score (nSPS) is 22.3. The molecule has 1 heterocycles. The Hall–Kier alpha value is -2.95. The monoisotopic (exact) mass is 636 g/mol. The zero-order valence-corrected chi connectivity index (χ0v) is 28.6. The third-order valence-corrected chi connectivity index (χ3v) is 14.0. The van der Waals surface area contributed by atoms with Gasteiger partial charge in [-0.25, -0.2) is 9.59 Å². The fourth-order valence-electron chi connectivity index (χ4n) is 4.55. The molecule has 236 valence electrons. The van der Waals surface area contributed by atoms with Crippen molar-refractivity contribution in [3.8, 4) is 0 Å². The lowest BCUT2D eigenvalue weighted by Crippen LogP contribution is -2.64. The number of hydrogen-bond donors (Lipinski definition) is 1. The van der Waals surface area contributed by atoms with E-state index in [4.69, 9.17) is 18.6 Å². The Morgan fingerprint density at radius 2 is 1.18 bits per heavy atom. The summed E-state index contributed by atoms with van der Waals surface area (Å²) in [5, 5.41) is 10.4. The van der Waals surface area contributed by atoms with E-state index in [1.165, 1.54) is 11.8 Å². The molecule has 1 N–H and O–H groups in total. The van der Waals surface area contributed by atoms with Crippen molar-refractivity contribution in [2.75, 3.05) is 6.61 Å². The Morgan fingerprint density at radius 1 is 0.750 bits per heavy atom. The van der Waals surface area contributed by atoms with Crippen LogP contribution in [-0.2, 0) is 18.6 Å². The van der Waals surface area contributed by atoms with Gasteiger partial charge in [-0.2, -0.15) is 0 Å². The minimum atomic E-state index is -2.50. The average molecular weight is 637 g/mol. The van der Waals surface area contributed by atoms with Crippen molar-refractivity contribution in [2.24, 2.45) is 0 Å². The molecule has 3 aromatic rings. The summed E-state index contributed by atoms with van der Waals surface area (Å²) >= 11 is 1.35. The highest BCUT2D eigenvalue weighted by Gasteiger charge is 2.54. The van der Waals surface area contributed by atoms with Crippen molar-refractivity contribution in [2.45, 2.75) is 94.4 Å². The van der Waals surface area contributed by atoms with Gasteiger partial charge in [-0.3, -0.25) is 0 Å². The third-order valence-electron chi connectivity index (χ3n) is 8.34. The van der Waals surface area contributed by atoms with Crippen LogP contribution in [0, 0.1) is 20.8 Å². The topological polar surface area (TPSA) is 91.3 Å². The maximum Gasteiger partial charge on any atom is 0.338 e. The number of esters is 2. The fraction of sp³-hybridized carbons (Fsp3) is 0.429. The summed E-state index contributed by atoms with van der Waals surface area (Å²) in [6.07, 6.45) is -3.85. The van der Waals surface area contributed by atoms with Crippen molar-refractivity contribution >= 4 is 32.0 Å². The summed E-state index contributed by atoms with van der Waals surface area (Å²) in [5.41, 5.74) is 3.03. The highest BCUT2D eigenvalue weighted by molar-refractivity contribution is 7.99. The first-order valence-corrected chi connectivity index (χ1v) is 18.7. The molecule has 0 amide bonds. The van der Waals surface area contributed by atoms with Gasteiger partial charge in [0.1, 0.15) is 17.6 Å². The zero-order valence-electron chi connectivity index (χ0n) is 26.8. The summed E-state index contributed by atoms with van der Waals surface area (Å²) in [7, 11) is -2.50. The van der Waals surface area contributed by atoms with E-state index in [1.54, 1.807) is 24.3 Å². The molecule has 3 aromatic carbocycles. The van der Waals surface area contributed by atoms with E-state index < -0.39 is 50.1 Å². The molecular weight excluding hydrogens is 593 g/mol. The van der Waals surface area contributed by atoms with Crippen LogP contribution >= 0.6 is 11.8 Å². The van der Waals surface area contributed by atoms with Gasteiger partial charge in [0, 0.05) is 4.90 Å².